The maximum atomic E-state index is 13.6. The summed E-state index contributed by atoms with van der Waals surface area (Å²) >= 11 is 0. The molecule has 0 amide bonds. The molecule has 1 aliphatic heterocycles. The molecule has 0 spiro atoms. The maximum Gasteiger partial charge on any atom is 0.127 e. The highest BCUT2D eigenvalue weighted by Gasteiger charge is 2.46. The third-order valence-electron chi connectivity index (χ3n) is 3.04. The Morgan fingerprint density at radius 3 is 2.60 bits per heavy atom. The van der Waals surface area contributed by atoms with Crippen LogP contribution >= 0.6 is 0 Å². The van der Waals surface area contributed by atoms with Gasteiger partial charge < -0.3 is 15.6 Å². The molecule has 0 aromatic heterocycles. The Kier molecular flexibility index (Phi) is 2.73. The van der Waals surface area contributed by atoms with Crippen molar-refractivity contribution in [3.8, 4) is 0 Å². The zero-order valence-corrected chi connectivity index (χ0v) is 8.32. The smallest absolute Gasteiger partial charge is 0.127 e. The molecule has 0 radical (unpaired) electrons. The van der Waals surface area contributed by atoms with Crippen LogP contribution in [0.25, 0.3) is 0 Å². The number of ether oxygens (including phenoxy) is 1. The quantitative estimate of drug-likeness (QED) is 0.761. The van der Waals surface area contributed by atoms with E-state index >= 15 is 0 Å². The molecule has 15 heavy (non-hydrogen) atoms. The van der Waals surface area contributed by atoms with Crippen LogP contribution in [0.1, 0.15) is 5.56 Å². The highest BCUT2D eigenvalue weighted by atomic mass is 19.1. The highest BCUT2D eigenvalue weighted by Crippen LogP contribution is 2.36. The summed E-state index contributed by atoms with van der Waals surface area (Å²) in [7, 11) is 0. The number of hydrogen-bond donors (Lipinski definition) is 2. The van der Waals surface area contributed by atoms with E-state index < -0.39 is 11.5 Å². The first-order valence-corrected chi connectivity index (χ1v) is 4.90. The number of benzene rings is 1. The molecule has 82 valence electrons. The van der Waals surface area contributed by atoms with Crippen molar-refractivity contribution in [2.24, 2.45) is 5.73 Å². The van der Waals surface area contributed by atoms with Crippen LogP contribution in [-0.2, 0) is 10.2 Å². The molecule has 1 atom stereocenters. The molecule has 1 heterocycles. The predicted octanol–water partition coefficient (Wildman–Crippen LogP) is 0.413. The summed E-state index contributed by atoms with van der Waals surface area (Å²) in [4.78, 5) is 0. The predicted molar refractivity (Wildman–Crippen MR) is 54.0 cm³/mol. The topological polar surface area (TPSA) is 55.5 Å². The van der Waals surface area contributed by atoms with Crippen LogP contribution in [0.3, 0.4) is 0 Å². The van der Waals surface area contributed by atoms with E-state index in [0.717, 1.165) is 0 Å². The Hall–Kier alpha value is -0.970. The lowest BCUT2D eigenvalue weighted by molar-refractivity contribution is -0.0813. The summed E-state index contributed by atoms with van der Waals surface area (Å²) in [6.45, 7) is 0.572. The number of nitrogens with two attached hydrogens (primary N) is 1. The van der Waals surface area contributed by atoms with Gasteiger partial charge in [-0.25, -0.2) is 4.39 Å². The lowest BCUT2D eigenvalue weighted by Crippen LogP contribution is -2.60. The molecule has 3 N–H and O–H groups in total. The van der Waals surface area contributed by atoms with Gasteiger partial charge in [0.15, 0.2) is 0 Å². The van der Waals surface area contributed by atoms with Gasteiger partial charge in [-0.3, -0.25) is 0 Å². The van der Waals surface area contributed by atoms with Crippen molar-refractivity contribution in [2.75, 3.05) is 19.8 Å². The lowest BCUT2D eigenvalue weighted by Gasteiger charge is -2.45. The van der Waals surface area contributed by atoms with Crippen LogP contribution in [0.15, 0.2) is 24.3 Å². The Morgan fingerprint density at radius 1 is 1.47 bits per heavy atom. The molecule has 2 rings (SSSR count). The summed E-state index contributed by atoms with van der Waals surface area (Å²) in [5.41, 5.74) is 5.80. The molecule has 4 heteroatoms. The van der Waals surface area contributed by atoms with Gasteiger partial charge in [-0.2, -0.15) is 0 Å². The average molecular weight is 211 g/mol. The maximum absolute atomic E-state index is 13.6. The highest BCUT2D eigenvalue weighted by molar-refractivity contribution is 5.32. The number of halogens is 1. The molecular formula is C11H14FNO2. The van der Waals surface area contributed by atoms with E-state index in [1.165, 1.54) is 6.07 Å². The lowest BCUT2D eigenvalue weighted by atomic mass is 9.73. The average Bonchev–Trinajstić information content (AvgIpc) is 2.19. The monoisotopic (exact) mass is 211 g/mol. The summed E-state index contributed by atoms with van der Waals surface area (Å²) in [6.07, 6.45) is 0. The Labute approximate surface area is 87.7 Å². The third kappa shape index (κ3) is 1.55. The fourth-order valence-electron chi connectivity index (χ4n) is 1.93. The van der Waals surface area contributed by atoms with Crippen molar-refractivity contribution < 1.29 is 14.2 Å². The Morgan fingerprint density at radius 2 is 2.13 bits per heavy atom. The van der Waals surface area contributed by atoms with Gasteiger partial charge in [-0.05, 0) is 6.07 Å². The van der Waals surface area contributed by atoms with Gasteiger partial charge in [0.25, 0.3) is 0 Å². The molecule has 3 nitrogen and oxygen atoms in total. The number of hydrogen-bond acceptors (Lipinski definition) is 3. The van der Waals surface area contributed by atoms with Crippen molar-refractivity contribution >= 4 is 0 Å². The second-order valence-electron chi connectivity index (χ2n) is 3.92. The van der Waals surface area contributed by atoms with Crippen LogP contribution in [0.5, 0.6) is 0 Å². The van der Waals surface area contributed by atoms with E-state index in [2.05, 4.69) is 0 Å². The minimum Gasteiger partial charge on any atom is -0.395 e. The summed E-state index contributed by atoms with van der Waals surface area (Å²) in [6, 6.07) is 6.02. The molecule has 1 saturated heterocycles. The van der Waals surface area contributed by atoms with Crippen LogP contribution in [0.4, 0.5) is 4.39 Å². The zero-order chi connectivity index (χ0) is 10.9. The molecule has 1 aromatic rings. The van der Waals surface area contributed by atoms with Gasteiger partial charge in [-0.1, -0.05) is 18.2 Å². The Balaban J connectivity index is 2.38. The number of aliphatic hydroxyl groups is 1. The minimum atomic E-state index is -0.555. The number of aliphatic hydroxyl groups excluding tert-OH is 1. The zero-order valence-electron chi connectivity index (χ0n) is 8.32. The second kappa shape index (κ2) is 3.89. The van der Waals surface area contributed by atoms with Gasteiger partial charge in [-0.15, -0.1) is 0 Å². The fraction of sp³-hybridized carbons (Fsp3) is 0.455. The van der Waals surface area contributed by atoms with Crippen LogP contribution in [0.2, 0.25) is 0 Å². The first-order chi connectivity index (χ1) is 7.20. The van der Waals surface area contributed by atoms with Crippen LogP contribution in [0, 0.1) is 5.82 Å². The summed E-state index contributed by atoms with van der Waals surface area (Å²) < 4.78 is 18.7. The summed E-state index contributed by atoms with van der Waals surface area (Å²) in [5.74, 6) is -0.287. The fourth-order valence-corrected chi connectivity index (χ4v) is 1.93. The van der Waals surface area contributed by atoms with Gasteiger partial charge in [0.1, 0.15) is 5.82 Å². The molecular weight excluding hydrogens is 197 g/mol. The second-order valence-corrected chi connectivity index (χ2v) is 3.92. The van der Waals surface area contributed by atoms with Gasteiger partial charge in [0.05, 0.1) is 25.2 Å². The summed E-state index contributed by atoms with van der Waals surface area (Å²) in [5, 5.41) is 9.08. The largest absolute Gasteiger partial charge is 0.395 e. The molecule has 0 aliphatic carbocycles. The van der Waals surface area contributed by atoms with Crippen molar-refractivity contribution in [2.45, 2.75) is 11.5 Å². The molecule has 0 bridgehead atoms. The molecule has 0 saturated carbocycles. The van der Waals surface area contributed by atoms with E-state index in [4.69, 9.17) is 15.6 Å². The van der Waals surface area contributed by atoms with Gasteiger partial charge in [0.2, 0.25) is 0 Å². The van der Waals surface area contributed by atoms with Crippen molar-refractivity contribution in [1.29, 1.82) is 0 Å². The SMILES string of the molecule is NC(CO)C1(c2ccccc2F)COC1. The van der Waals surface area contributed by atoms with E-state index in [1.54, 1.807) is 18.2 Å². The standard InChI is InChI=1S/C11H14FNO2/c12-9-4-2-1-3-8(9)11(6-15-7-11)10(13)5-14/h1-4,10,14H,5-7,13H2. The molecule has 1 unspecified atom stereocenters. The van der Waals surface area contributed by atoms with Crippen LogP contribution < -0.4 is 5.73 Å². The molecule has 1 aromatic carbocycles. The first kappa shape index (κ1) is 10.5. The molecule has 1 aliphatic rings. The van der Waals surface area contributed by atoms with E-state index in [-0.39, 0.29) is 12.4 Å². The van der Waals surface area contributed by atoms with Gasteiger partial charge >= 0.3 is 0 Å². The Bertz CT molecular complexity index is 352. The van der Waals surface area contributed by atoms with E-state index in [1.807, 2.05) is 0 Å². The van der Waals surface area contributed by atoms with E-state index in [9.17, 15) is 4.39 Å². The molecule has 1 fully saturated rings. The van der Waals surface area contributed by atoms with Crippen molar-refractivity contribution in [1.82, 2.24) is 0 Å². The minimum absolute atomic E-state index is 0.169. The first-order valence-electron chi connectivity index (χ1n) is 4.90. The van der Waals surface area contributed by atoms with Crippen molar-refractivity contribution in [3.05, 3.63) is 35.6 Å². The van der Waals surface area contributed by atoms with Gasteiger partial charge in [0, 0.05) is 11.6 Å². The third-order valence-corrected chi connectivity index (χ3v) is 3.04. The van der Waals surface area contributed by atoms with E-state index in [0.29, 0.717) is 18.8 Å². The normalized spacial score (nSPS) is 20.7. The van der Waals surface area contributed by atoms with Crippen LogP contribution in [-0.4, -0.2) is 31.0 Å². The number of rotatable bonds is 3. The van der Waals surface area contributed by atoms with Crippen molar-refractivity contribution in [3.63, 3.8) is 0 Å².